The molecule has 3 heterocycles. The van der Waals surface area contributed by atoms with Crippen molar-refractivity contribution < 1.29 is 9.90 Å². The quantitative estimate of drug-likeness (QED) is 0.819. The molecule has 7 heteroatoms. The lowest BCUT2D eigenvalue weighted by Gasteiger charge is -2.24. The first-order valence-electron chi connectivity index (χ1n) is 7.06. The van der Waals surface area contributed by atoms with Gasteiger partial charge in [-0.25, -0.2) is 0 Å². The average Bonchev–Trinajstić information content (AvgIpc) is 3.02. The molecular formula is C13H21N5O2. The molecule has 2 aliphatic rings. The fourth-order valence-electron chi connectivity index (χ4n) is 3.71. The zero-order chi connectivity index (χ0) is 14.3. The number of nitrogens with zero attached hydrogens (tertiary/aromatic N) is 5. The molecule has 3 rings (SSSR count). The normalized spacial score (nSPS) is 30.8. The van der Waals surface area contributed by atoms with Gasteiger partial charge in [0, 0.05) is 38.6 Å². The number of hydrogen-bond acceptors (Lipinski definition) is 5. The molecule has 0 amide bonds. The largest absolute Gasteiger partial charge is 0.481 e. The Morgan fingerprint density at radius 2 is 2.30 bits per heavy atom. The molecule has 1 aromatic rings. The summed E-state index contributed by atoms with van der Waals surface area (Å²) in [5, 5.41) is 17.7. The SMILES string of the molecule is CCn1cnnc1CN1C[C@@H]2CN(C)C[C@]2(C(=O)O)C1. The van der Waals surface area contributed by atoms with Crippen LogP contribution in [0.1, 0.15) is 12.7 Å². The molecule has 7 nitrogen and oxygen atoms in total. The maximum absolute atomic E-state index is 11.7. The lowest BCUT2D eigenvalue weighted by Crippen LogP contribution is -2.40. The van der Waals surface area contributed by atoms with Crippen molar-refractivity contribution in [2.75, 3.05) is 33.2 Å². The van der Waals surface area contributed by atoms with Crippen LogP contribution in [-0.2, 0) is 17.9 Å². The van der Waals surface area contributed by atoms with Crippen LogP contribution in [0.25, 0.3) is 0 Å². The van der Waals surface area contributed by atoms with Crippen molar-refractivity contribution in [2.24, 2.45) is 11.3 Å². The summed E-state index contributed by atoms with van der Waals surface area (Å²) in [5.74, 6) is 0.468. The molecule has 1 N–H and O–H groups in total. The number of carboxylic acid groups (broad SMARTS) is 1. The number of rotatable bonds is 4. The van der Waals surface area contributed by atoms with Crippen LogP contribution >= 0.6 is 0 Å². The molecule has 2 aliphatic heterocycles. The van der Waals surface area contributed by atoms with E-state index in [1.54, 1.807) is 6.33 Å². The Balaban J connectivity index is 1.75. The van der Waals surface area contributed by atoms with E-state index in [4.69, 9.17) is 0 Å². The first-order valence-corrected chi connectivity index (χ1v) is 7.06. The number of carbonyl (C=O) groups is 1. The lowest BCUT2D eigenvalue weighted by atomic mass is 9.81. The molecule has 2 atom stereocenters. The minimum Gasteiger partial charge on any atom is -0.481 e. The fraction of sp³-hybridized carbons (Fsp3) is 0.769. The predicted molar refractivity (Wildman–Crippen MR) is 72.0 cm³/mol. The van der Waals surface area contributed by atoms with Gasteiger partial charge in [0.25, 0.3) is 0 Å². The molecule has 0 aromatic carbocycles. The van der Waals surface area contributed by atoms with Crippen LogP contribution in [0.3, 0.4) is 0 Å². The van der Waals surface area contributed by atoms with Crippen molar-refractivity contribution in [3.05, 3.63) is 12.2 Å². The van der Waals surface area contributed by atoms with Gasteiger partial charge in [0.1, 0.15) is 12.2 Å². The van der Waals surface area contributed by atoms with Gasteiger partial charge in [-0.3, -0.25) is 9.69 Å². The Bertz CT molecular complexity index is 517. The number of fused-ring (bicyclic) bond motifs is 1. The average molecular weight is 279 g/mol. The minimum absolute atomic E-state index is 0.211. The van der Waals surface area contributed by atoms with E-state index in [2.05, 4.69) is 26.9 Å². The smallest absolute Gasteiger partial charge is 0.312 e. The van der Waals surface area contributed by atoms with Gasteiger partial charge in [-0.15, -0.1) is 10.2 Å². The summed E-state index contributed by atoms with van der Waals surface area (Å²) < 4.78 is 2.01. The van der Waals surface area contributed by atoms with Crippen molar-refractivity contribution in [2.45, 2.75) is 20.0 Å². The van der Waals surface area contributed by atoms with E-state index in [1.165, 1.54) is 0 Å². The molecule has 0 aliphatic carbocycles. The van der Waals surface area contributed by atoms with Crippen molar-refractivity contribution in [1.82, 2.24) is 24.6 Å². The van der Waals surface area contributed by atoms with E-state index in [9.17, 15) is 9.90 Å². The van der Waals surface area contributed by atoms with E-state index >= 15 is 0 Å². The Labute approximate surface area is 118 Å². The second kappa shape index (κ2) is 4.82. The van der Waals surface area contributed by atoms with Crippen molar-refractivity contribution in [1.29, 1.82) is 0 Å². The molecular weight excluding hydrogens is 258 g/mol. The highest BCUT2D eigenvalue weighted by molar-refractivity contribution is 5.77. The van der Waals surface area contributed by atoms with E-state index in [0.29, 0.717) is 19.6 Å². The number of carboxylic acids is 1. The summed E-state index contributed by atoms with van der Waals surface area (Å²) in [6.07, 6.45) is 1.73. The third kappa shape index (κ3) is 2.01. The Morgan fingerprint density at radius 1 is 1.50 bits per heavy atom. The second-order valence-electron chi connectivity index (χ2n) is 6.06. The summed E-state index contributed by atoms with van der Waals surface area (Å²) in [6.45, 7) is 6.52. The van der Waals surface area contributed by atoms with Crippen LogP contribution in [-0.4, -0.2) is 68.9 Å². The molecule has 20 heavy (non-hydrogen) atoms. The number of aromatic nitrogens is 3. The lowest BCUT2D eigenvalue weighted by molar-refractivity contribution is -0.148. The third-order valence-electron chi connectivity index (χ3n) is 4.68. The van der Waals surface area contributed by atoms with Crippen LogP contribution in [0.2, 0.25) is 0 Å². The summed E-state index contributed by atoms with van der Waals surface area (Å²) in [6, 6.07) is 0. The molecule has 0 bridgehead atoms. The number of hydrogen-bond donors (Lipinski definition) is 1. The molecule has 1 aromatic heterocycles. The fourth-order valence-corrected chi connectivity index (χ4v) is 3.71. The summed E-state index contributed by atoms with van der Waals surface area (Å²) in [5.41, 5.74) is -0.605. The topological polar surface area (TPSA) is 74.5 Å². The molecule has 0 radical (unpaired) electrons. The van der Waals surface area contributed by atoms with Crippen molar-refractivity contribution in [3.63, 3.8) is 0 Å². The second-order valence-corrected chi connectivity index (χ2v) is 6.06. The molecule has 0 spiro atoms. The van der Waals surface area contributed by atoms with Gasteiger partial charge in [-0.1, -0.05) is 0 Å². The predicted octanol–water partition coefficient (Wildman–Crippen LogP) is -0.254. The monoisotopic (exact) mass is 279 g/mol. The van der Waals surface area contributed by atoms with E-state index in [1.807, 2.05) is 11.6 Å². The molecule has 0 unspecified atom stereocenters. The zero-order valence-corrected chi connectivity index (χ0v) is 12.0. The van der Waals surface area contributed by atoms with Crippen LogP contribution in [0.4, 0.5) is 0 Å². The Kier molecular flexibility index (Phi) is 3.25. The van der Waals surface area contributed by atoms with Crippen LogP contribution in [0.15, 0.2) is 6.33 Å². The third-order valence-corrected chi connectivity index (χ3v) is 4.68. The highest BCUT2D eigenvalue weighted by Gasteiger charge is 2.56. The van der Waals surface area contributed by atoms with Crippen molar-refractivity contribution in [3.8, 4) is 0 Å². The Hall–Kier alpha value is -1.47. The van der Waals surface area contributed by atoms with Crippen LogP contribution in [0, 0.1) is 11.3 Å². The summed E-state index contributed by atoms with van der Waals surface area (Å²) >= 11 is 0. The minimum atomic E-state index is -0.661. The summed E-state index contributed by atoms with van der Waals surface area (Å²) in [7, 11) is 2.00. The zero-order valence-electron chi connectivity index (χ0n) is 12.0. The van der Waals surface area contributed by atoms with Crippen molar-refractivity contribution >= 4 is 5.97 Å². The van der Waals surface area contributed by atoms with Gasteiger partial charge in [0.05, 0.1) is 12.0 Å². The number of aliphatic carboxylic acids is 1. The molecule has 110 valence electrons. The van der Waals surface area contributed by atoms with Crippen LogP contribution in [0.5, 0.6) is 0 Å². The molecule has 2 fully saturated rings. The summed E-state index contributed by atoms with van der Waals surface area (Å²) in [4.78, 5) is 16.1. The van der Waals surface area contributed by atoms with E-state index < -0.39 is 11.4 Å². The van der Waals surface area contributed by atoms with Gasteiger partial charge >= 0.3 is 5.97 Å². The number of aryl methyl sites for hydroxylation is 1. The first kappa shape index (κ1) is 13.5. The highest BCUT2D eigenvalue weighted by Crippen LogP contribution is 2.42. The Morgan fingerprint density at radius 3 is 2.95 bits per heavy atom. The van der Waals surface area contributed by atoms with Gasteiger partial charge in [0.2, 0.25) is 0 Å². The molecule has 2 saturated heterocycles. The standard InChI is InChI=1S/C13H21N5O2/c1-3-18-9-14-15-11(18)6-17-5-10-4-16(2)7-13(10,8-17)12(19)20/h9-10H,3-8H2,1-2H3,(H,19,20)/t10-,13-/m0/s1. The maximum atomic E-state index is 11.7. The van der Waals surface area contributed by atoms with Crippen LogP contribution < -0.4 is 0 Å². The highest BCUT2D eigenvalue weighted by atomic mass is 16.4. The van der Waals surface area contributed by atoms with E-state index in [0.717, 1.165) is 25.5 Å². The van der Waals surface area contributed by atoms with Gasteiger partial charge in [0.15, 0.2) is 0 Å². The van der Waals surface area contributed by atoms with Gasteiger partial charge in [-0.2, -0.15) is 0 Å². The van der Waals surface area contributed by atoms with Gasteiger partial charge in [-0.05, 0) is 14.0 Å². The van der Waals surface area contributed by atoms with Gasteiger partial charge < -0.3 is 14.6 Å². The maximum Gasteiger partial charge on any atom is 0.312 e. The van der Waals surface area contributed by atoms with E-state index in [-0.39, 0.29) is 5.92 Å². The number of likely N-dealkylation sites (tertiary alicyclic amines) is 2. The molecule has 0 saturated carbocycles. The first-order chi connectivity index (χ1) is 9.55.